The third-order valence-electron chi connectivity index (χ3n) is 19.2. The van der Waals surface area contributed by atoms with E-state index in [4.69, 9.17) is 28.9 Å². The molecule has 7 aromatic heterocycles. The number of carbonyl (C=O) groups is 4. The van der Waals surface area contributed by atoms with Crippen molar-refractivity contribution in [3.05, 3.63) is 264 Å². The number of carbonyl (C=O) groups excluding carboxylic acids is 4. The van der Waals surface area contributed by atoms with Gasteiger partial charge in [-0.25, -0.2) is 49.1 Å². The summed E-state index contributed by atoms with van der Waals surface area (Å²) in [6, 6.07) is 42.9. The number of esters is 4. The Hall–Kier alpha value is -15.0. The number of aromatic amines is 2. The van der Waals surface area contributed by atoms with Gasteiger partial charge in [0.25, 0.3) is 0 Å². The number of hydrogen-bond donors (Lipinski definition) is 10. The van der Waals surface area contributed by atoms with Crippen molar-refractivity contribution >= 4 is 93.8 Å². The molecule has 28 heteroatoms. The molecule has 0 saturated heterocycles. The highest BCUT2D eigenvalue weighted by Gasteiger charge is 2.29. The first-order valence-corrected chi connectivity index (χ1v) is 36.7. The highest BCUT2D eigenvalue weighted by atomic mass is 16.5. The first-order chi connectivity index (χ1) is 56.1. The number of phenolic OH excluding ortho intramolecular Hbond substituents is 4. The van der Waals surface area contributed by atoms with Crippen LogP contribution in [0.4, 0.5) is 0 Å². The second kappa shape index (κ2) is 36.0. The molecule has 0 radical (unpaired) electrons. The van der Waals surface area contributed by atoms with Crippen LogP contribution in [0, 0.1) is 0 Å². The molecule has 9 heterocycles. The van der Waals surface area contributed by atoms with Crippen LogP contribution in [0.2, 0.25) is 0 Å². The molecule has 11 aromatic rings. The van der Waals surface area contributed by atoms with Crippen LogP contribution in [0.3, 0.4) is 0 Å². The van der Waals surface area contributed by atoms with E-state index in [0.29, 0.717) is 112 Å². The van der Waals surface area contributed by atoms with Crippen molar-refractivity contribution in [3.8, 4) is 67.5 Å². The van der Waals surface area contributed by atoms with Crippen molar-refractivity contribution in [3.63, 3.8) is 0 Å². The summed E-state index contributed by atoms with van der Waals surface area (Å²) in [5, 5.41) is 86.7. The van der Waals surface area contributed by atoms with Gasteiger partial charge in [0, 0.05) is 117 Å². The van der Waals surface area contributed by atoms with Gasteiger partial charge in [0.15, 0.2) is 73.7 Å². The predicted octanol–water partition coefficient (Wildman–Crippen LogP) is 10.3. The van der Waals surface area contributed by atoms with E-state index in [2.05, 4.69) is 29.9 Å². The van der Waals surface area contributed by atoms with E-state index in [0.717, 1.165) is 0 Å². The lowest BCUT2D eigenvalue weighted by molar-refractivity contribution is -0.682. The molecule has 4 aromatic carbocycles. The number of aromatic nitrogens is 8. The van der Waals surface area contributed by atoms with E-state index >= 15 is 0 Å². The Kier molecular flexibility index (Phi) is 24.6. The fourth-order valence-corrected chi connectivity index (χ4v) is 13.7. The normalized spacial score (nSPS) is 13.3. The number of nitrogens with zero attached hydrogens (tertiary/aromatic N) is 10. The second-order valence-corrected chi connectivity index (χ2v) is 27.4. The summed E-state index contributed by atoms with van der Waals surface area (Å²) in [5.74, 6) is -4.12. The zero-order chi connectivity index (χ0) is 81.5. The Labute approximate surface area is 664 Å². The van der Waals surface area contributed by atoms with Crippen molar-refractivity contribution in [2.75, 3.05) is 28.4 Å². The van der Waals surface area contributed by atoms with Crippen LogP contribution in [0.25, 0.3) is 90.9 Å². The molecule has 28 nitrogen and oxygen atoms in total. The van der Waals surface area contributed by atoms with Gasteiger partial charge in [0.1, 0.15) is 23.0 Å². The van der Waals surface area contributed by atoms with Gasteiger partial charge in [-0.3, -0.25) is 0 Å². The van der Waals surface area contributed by atoms with Crippen molar-refractivity contribution in [1.82, 2.24) is 19.9 Å². The number of nitrogens with one attached hydrogen (secondary N) is 2. The molecule has 0 amide bonds. The van der Waals surface area contributed by atoms with Crippen LogP contribution >= 0.6 is 0 Å². The van der Waals surface area contributed by atoms with Crippen LogP contribution < -0.4 is 18.3 Å². The summed E-state index contributed by atoms with van der Waals surface area (Å²) in [6.45, 7) is -0.773. The van der Waals surface area contributed by atoms with Crippen molar-refractivity contribution in [2.45, 2.75) is 76.0 Å². The third-order valence-corrected chi connectivity index (χ3v) is 19.2. The SMILES string of the molecule is COC(=O)[C@H](Cc1ccc(O)cc1)N=C(O)C[n+]1cccc(-c2c3nc(c(-c4ccc[n+](CC(O)=N[C@@H](Cc5ccc(O)cc5)C(=O)OC)c4)c4ccc([nH]4)c(-c4ccc[n+](CC(O)=N[C@@H](Cc5ccc(O)cc5)C(=O)OC)c4)c4nc(c(-c5ccc[n+](CC(O)=N[C@@H](Cc6ccc(O)cc6)C(=O)OC)c5)c5ccc2[nH]5)C=C4)C=C3)c1. The zero-order valence-corrected chi connectivity index (χ0v) is 63.4. The Morgan fingerprint density at radius 3 is 0.733 bits per heavy atom. The standard InChI is InChI=1S/C88H78N12O16/c1-113-85(109)73(41-53-13-21-61(101)22-14-53)93-77(105)49-97-37-5-9-57(45-97)81-65-29-31-67(89-65)82(58-10-6-38-98(46-58)50-78(106)94-74(86(110)114-2)42-54-15-23-62(102)24-16-54)69-33-35-71(91-69)84(60-12-8-40-100(48-60)52-80(108)96-76(88(112)116-4)44-56-19-27-64(104)28-20-56)72-36-34-70(92-72)83(68-32-30-66(81)90-68)59-11-7-39-99(47-59)51-79(107)95-75(87(111)115-3)43-55-17-25-63(103)26-18-55/h5-40,45-48,73-76H,41-44,49-52H2,1-4H3,(H6-4,89,90,91,92,93,94,95,96,101,102,103,104,105,106,107,108)/p+4/t73-,74-,75-,76-/m0/s1. The molecule has 0 fully saturated rings. The smallest absolute Gasteiger partial charge is 0.331 e. The van der Waals surface area contributed by atoms with Gasteiger partial charge in [-0.15, -0.1) is 0 Å². The molecule has 0 saturated carbocycles. The summed E-state index contributed by atoms with van der Waals surface area (Å²) < 4.78 is 27.3. The number of fused-ring (bicyclic) bond motifs is 8. The highest BCUT2D eigenvalue weighted by Crippen LogP contribution is 2.38. The lowest BCUT2D eigenvalue weighted by atomic mass is 10.1. The predicted molar refractivity (Wildman–Crippen MR) is 432 cm³/mol. The Balaban J connectivity index is 1.01. The minimum absolute atomic E-state index is 0.0399. The molecule has 13 rings (SSSR count). The van der Waals surface area contributed by atoms with Gasteiger partial charge in [0.05, 0.1) is 51.2 Å². The molecule has 2 aliphatic heterocycles. The molecule has 0 aliphatic carbocycles. The summed E-state index contributed by atoms with van der Waals surface area (Å²) in [6.07, 6.45) is 21.9. The quantitative estimate of drug-likeness (QED) is 0.00716. The molecule has 4 atom stereocenters. The number of ether oxygens (including phenoxy) is 4. The van der Waals surface area contributed by atoms with E-state index in [1.54, 1.807) is 116 Å². The van der Waals surface area contributed by atoms with Crippen molar-refractivity contribution in [2.24, 2.45) is 20.0 Å². The van der Waals surface area contributed by atoms with E-state index in [-0.39, 0.29) is 98.5 Å². The molecular weight excluding hydrogens is 1480 g/mol. The topological polar surface area (TPSA) is 389 Å². The van der Waals surface area contributed by atoms with E-state index in [1.807, 2.05) is 97.6 Å². The van der Waals surface area contributed by atoms with Crippen LogP contribution in [-0.4, -0.2) is 161 Å². The van der Waals surface area contributed by atoms with Gasteiger partial charge in [-0.2, -0.15) is 18.3 Å². The fourth-order valence-electron chi connectivity index (χ4n) is 13.7. The molecule has 0 spiro atoms. The van der Waals surface area contributed by atoms with Crippen LogP contribution in [0.1, 0.15) is 45.0 Å². The van der Waals surface area contributed by atoms with Crippen LogP contribution in [0.5, 0.6) is 23.0 Å². The first kappa shape index (κ1) is 79.1. The maximum atomic E-state index is 13.2. The number of pyridine rings is 4. The van der Waals surface area contributed by atoms with Gasteiger partial charge in [0.2, 0.25) is 49.8 Å². The zero-order valence-electron chi connectivity index (χ0n) is 63.4. The number of aromatic hydroxyl groups is 4. The molecule has 116 heavy (non-hydrogen) atoms. The van der Waals surface area contributed by atoms with Crippen LogP contribution in [-0.2, 0) is 90.0 Å². The monoisotopic (exact) mass is 1560 g/mol. The summed E-state index contributed by atoms with van der Waals surface area (Å²) in [4.78, 5) is 89.2. The van der Waals surface area contributed by atoms with Crippen LogP contribution in [0.15, 0.2) is 239 Å². The van der Waals surface area contributed by atoms with Crippen molar-refractivity contribution in [1.29, 1.82) is 0 Å². The van der Waals surface area contributed by atoms with E-state index in [1.165, 1.54) is 77.0 Å². The number of phenols is 4. The van der Waals surface area contributed by atoms with Gasteiger partial charge in [-0.05, 0) is 144 Å². The average molecular weight is 1560 g/mol. The number of rotatable bonds is 28. The molecular formula is C88H82N12O16+4. The third kappa shape index (κ3) is 19.5. The largest absolute Gasteiger partial charge is 0.508 e. The fraction of sp³-hybridized carbons (Fsp3) is 0.182. The summed E-state index contributed by atoms with van der Waals surface area (Å²) >= 11 is 0. The number of aliphatic hydroxyl groups is 4. The first-order valence-electron chi connectivity index (χ1n) is 36.7. The van der Waals surface area contributed by atoms with E-state index < -0.39 is 48.0 Å². The van der Waals surface area contributed by atoms with Crippen molar-refractivity contribution < 1.29 is 97.2 Å². The molecule has 10 N–H and O–H groups in total. The number of hydrogen-bond acceptors (Lipinski definition) is 18. The Bertz CT molecular complexity index is 5190. The molecule has 8 bridgehead atoms. The summed E-state index contributed by atoms with van der Waals surface area (Å²) in [5.41, 5.74) is 11.5. The molecule has 0 unspecified atom stereocenters. The summed E-state index contributed by atoms with van der Waals surface area (Å²) in [7, 11) is 4.94. The maximum absolute atomic E-state index is 13.2. The lowest BCUT2D eigenvalue weighted by Crippen LogP contribution is -2.38. The lowest BCUT2D eigenvalue weighted by Gasteiger charge is -2.11. The number of aliphatic imine (C=N–C) groups is 4. The van der Waals surface area contributed by atoms with Gasteiger partial charge in [-0.1, -0.05) is 48.5 Å². The van der Waals surface area contributed by atoms with Gasteiger partial charge >= 0.3 is 23.9 Å². The minimum atomic E-state index is -1.14. The number of methoxy groups -OCH3 is 4. The Morgan fingerprint density at radius 2 is 0.534 bits per heavy atom. The second-order valence-electron chi connectivity index (χ2n) is 27.4. The molecule has 586 valence electrons. The highest BCUT2D eigenvalue weighted by molar-refractivity contribution is 6.00. The Morgan fingerprint density at radius 1 is 0.328 bits per heavy atom. The molecule has 2 aliphatic rings. The number of aliphatic hydroxyl groups excluding tert-OH is 4. The van der Waals surface area contributed by atoms with E-state index in [9.17, 15) is 60.0 Å². The number of H-pyrrole nitrogens is 2. The minimum Gasteiger partial charge on any atom is -0.508 e. The maximum Gasteiger partial charge on any atom is 0.331 e. The van der Waals surface area contributed by atoms with Gasteiger partial charge < -0.3 is 69.8 Å². The number of benzene rings is 4. The average Bonchev–Trinajstić information content (AvgIpc) is 1.61.